The van der Waals surface area contributed by atoms with Crippen LogP contribution in [0.15, 0.2) is 34.9 Å². The Morgan fingerprint density at radius 1 is 1.41 bits per heavy atom. The standard InChI is InChI=1S/C16H20N2O4/c1-11-3-5-12(6-4-11)14-9-15(22-18-14)16(20)17-8-7-13(19)10-21-2/h3-6,9,13,19H,7-8,10H2,1-2H3,(H,17,20). The van der Waals surface area contributed by atoms with Gasteiger partial charge in [0.15, 0.2) is 0 Å². The zero-order valence-electron chi connectivity index (χ0n) is 12.7. The number of hydrogen-bond acceptors (Lipinski definition) is 5. The van der Waals surface area contributed by atoms with Gasteiger partial charge in [0.2, 0.25) is 5.76 Å². The normalized spacial score (nSPS) is 12.1. The molecule has 1 amide bonds. The minimum Gasteiger partial charge on any atom is -0.391 e. The Hall–Kier alpha value is -2.18. The average molecular weight is 304 g/mol. The molecule has 6 nitrogen and oxygen atoms in total. The lowest BCUT2D eigenvalue weighted by molar-refractivity contribution is 0.0585. The van der Waals surface area contributed by atoms with Crippen molar-refractivity contribution in [1.82, 2.24) is 10.5 Å². The van der Waals surface area contributed by atoms with Gasteiger partial charge in [0.25, 0.3) is 5.91 Å². The first-order valence-corrected chi connectivity index (χ1v) is 7.09. The van der Waals surface area contributed by atoms with Gasteiger partial charge in [0.1, 0.15) is 5.69 Å². The molecule has 0 aliphatic carbocycles. The largest absolute Gasteiger partial charge is 0.391 e. The van der Waals surface area contributed by atoms with Gasteiger partial charge in [-0.2, -0.15) is 0 Å². The molecule has 0 spiro atoms. The number of aliphatic hydroxyl groups is 1. The van der Waals surface area contributed by atoms with Crippen molar-refractivity contribution in [1.29, 1.82) is 0 Å². The van der Waals surface area contributed by atoms with E-state index in [4.69, 9.17) is 9.26 Å². The number of carbonyl (C=O) groups is 1. The van der Waals surface area contributed by atoms with Crippen LogP contribution in [-0.2, 0) is 4.74 Å². The molecule has 0 bridgehead atoms. The maximum Gasteiger partial charge on any atom is 0.289 e. The minimum atomic E-state index is -0.594. The molecule has 2 N–H and O–H groups in total. The van der Waals surface area contributed by atoms with Crippen molar-refractivity contribution in [3.8, 4) is 11.3 Å². The van der Waals surface area contributed by atoms with Crippen LogP contribution >= 0.6 is 0 Å². The van der Waals surface area contributed by atoms with Crippen molar-refractivity contribution in [2.75, 3.05) is 20.3 Å². The number of rotatable bonds is 7. The van der Waals surface area contributed by atoms with Crippen molar-refractivity contribution in [3.05, 3.63) is 41.7 Å². The van der Waals surface area contributed by atoms with E-state index in [0.29, 0.717) is 18.7 Å². The molecule has 6 heteroatoms. The molecule has 2 aromatic rings. The summed E-state index contributed by atoms with van der Waals surface area (Å²) in [6.45, 7) is 2.59. The van der Waals surface area contributed by atoms with Crippen LogP contribution in [0.2, 0.25) is 0 Å². The van der Waals surface area contributed by atoms with Crippen molar-refractivity contribution < 1.29 is 19.2 Å². The molecule has 1 heterocycles. The van der Waals surface area contributed by atoms with Crippen molar-refractivity contribution in [3.63, 3.8) is 0 Å². The highest BCUT2D eigenvalue weighted by Crippen LogP contribution is 2.19. The minimum absolute atomic E-state index is 0.150. The third-order valence-electron chi connectivity index (χ3n) is 3.20. The predicted molar refractivity (Wildman–Crippen MR) is 81.5 cm³/mol. The summed E-state index contributed by atoms with van der Waals surface area (Å²) in [7, 11) is 1.52. The molecule has 0 saturated carbocycles. The van der Waals surface area contributed by atoms with Crippen molar-refractivity contribution in [2.24, 2.45) is 0 Å². The summed E-state index contributed by atoms with van der Waals surface area (Å²) >= 11 is 0. The monoisotopic (exact) mass is 304 g/mol. The van der Waals surface area contributed by atoms with Gasteiger partial charge in [-0.1, -0.05) is 35.0 Å². The van der Waals surface area contributed by atoms with Gasteiger partial charge in [-0.05, 0) is 13.3 Å². The number of nitrogens with zero attached hydrogens (tertiary/aromatic N) is 1. The highest BCUT2D eigenvalue weighted by atomic mass is 16.5. The van der Waals surface area contributed by atoms with E-state index in [1.807, 2.05) is 31.2 Å². The Morgan fingerprint density at radius 3 is 2.82 bits per heavy atom. The number of amides is 1. The molecule has 0 aliphatic rings. The van der Waals surface area contributed by atoms with Crippen LogP contribution in [0.4, 0.5) is 0 Å². The van der Waals surface area contributed by atoms with Crippen LogP contribution in [0.5, 0.6) is 0 Å². The quantitative estimate of drug-likeness (QED) is 0.814. The molecular formula is C16H20N2O4. The van der Waals surface area contributed by atoms with E-state index in [9.17, 15) is 9.90 Å². The van der Waals surface area contributed by atoms with E-state index in [1.165, 1.54) is 7.11 Å². The molecule has 1 aromatic heterocycles. The first kappa shape index (κ1) is 16.2. The molecule has 1 atom stereocenters. The third kappa shape index (κ3) is 4.41. The van der Waals surface area contributed by atoms with Crippen LogP contribution in [0.1, 0.15) is 22.5 Å². The summed E-state index contributed by atoms with van der Waals surface area (Å²) in [5.74, 6) is -0.202. The van der Waals surface area contributed by atoms with Crippen LogP contribution in [0, 0.1) is 6.92 Å². The van der Waals surface area contributed by atoms with Gasteiger partial charge in [0.05, 0.1) is 12.7 Å². The highest BCUT2D eigenvalue weighted by Gasteiger charge is 2.14. The smallest absolute Gasteiger partial charge is 0.289 e. The van der Waals surface area contributed by atoms with E-state index in [2.05, 4.69) is 10.5 Å². The van der Waals surface area contributed by atoms with E-state index >= 15 is 0 Å². The Labute approximate surface area is 129 Å². The molecule has 1 aromatic carbocycles. The van der Waals surface area contributed by atoms with Gasteiger partial charge in [-0.25, -0.2) is 0 Å². The maximum atomic E-state index is 11.9. The number of aryl methyl sites for hydroxylation is 1. The molecule has 1 unspecified atom stereocenters. The summed E-state index contributed by atoms with van der Waals surface area (Å²) in [4.78, 5) is 11.9. The zero-order chi connectivity index (χ0) is 15.9. The fraction of sp³-hybridized carbons (Fsp3) is 0.375. The fourth-order valence-electron chi connectivity index (χ4n) is 1.96. The number of methoxy groups -OCH3 is 1. The summed E-state index contributed by atoms with van der Waals surface area (Å²) in [5, 5.41) is 16.1. The number of nitrogens with one attached hydrogen (secondary N) is 1. The van der Waals surface area contributed by atoms with Gasteiger partial charge >= 0.3 is 0 Å². The van der Waals surface area contributed by atoms with Crippen LogP contribution in [0.3, 0.4) is 0 Å². The third-order valence-corrected chi connectivity index (χ3v) is 3.20. The van der Waals surface area contributed by atoms with Crippen molar-refractivity contribution in [2.45, 2.75) is 19.4 Å². The number of ether oxygens (including phenoxy) is 1. The van der Waals surface area contributed by atoms with E-state index in [-0.39, 0.29) is 18.3 Å². The van der Waals surface area contributed by atoms with E-state index in [0.717, 1.165) is 11.1 Å². The lowest BCUT2D eigenvalue weighted by atomic mass is 10.1. The zero-order valence-corrected chi connectivity index (χ0v) is 12.7. The Morgan fingerprint density at radius 2 is 2.14 bits per heavy atom. The summed E-state index contributed by atoms with van der Waals surface area (Å²) in [6, 6.07) is 9.40. The lowest BCUT2D eigenvalue weighted by Gasteiger charge is -2.08. The fourth-order valence-corrected chi connectivity index (χ4v) is 1.96. The van der Waals surface area contributed by atoms with Gasteiger partial charge in [0, 0.05) is 25.3 Å². The Kier molecular flexibility index (Phi) is 5.68. The predicted octanol–water partition coefficient (Wildman–Crippen LogP) is 1.78. The van der Waals surface area contributed by atoms with E-state index in [1.54, 1.807) is 6.07 Å². The van der Waals surface area contributed by atoms with Crippen LogP contribution < -0.4 is 5.32 Å². The summed E-state index contributed by atoms with van der Waals surface area (Å²) < 4.78 is 9.88. The Bertz CT molecular complexity index is 607. The molecule has 0 saturated heterocycles. The molecule has 0 aliphatic heterocycles. The Balaban J connectivity index is 1.90. The highest BCUT2D eigenvalue weighted by molar-refractivity contribution is 5.92. The lowest BCUT2D eigenvalue weighted by Crippen LogP contribution is -2.28. The molecule has 0 fully saturated rings. The first-order valence-electron chi connectivity index (χ1n) is 7.09. The topological polar surface area (TPSA) is 84.6 Å². The molecule has 2 rings (SSSR count). The van der Waals surface area contributed by atoms with Gasteiger partial charge in [-0.3, -0.25) is 4.79 Å². The average Bonchev–Trinajstić information content (AvgIpc) is 2.98. The number of aliphatic hydroxyl groups excluding tert-OH is 1. The van der Waals surface area contributed by atoms with Crippen LogP contribution in [0.25, 0.3) is 11.3 Å². The van der Waals surface area contributed by atoms with Crippen LogP contribution in [-0.4, -0.2) is 42.5 Å². The molecule has 118 valence electrons. The number of aromatic nitrogens is 1. The summed E-state index contributed by atoms with van der Waals surface area (Å²) in [5.41, 5.74) is 2.66. The number of carbonyl (C=O) groups excluding carboxylic acids is 1. The second-order valence-corrected chi connectivity index (χ2v) is 5.10. The van der Waals surface area contributed by atoms with Gasteiger partial charge in [-0.15, -0.1) is 0 Å². The second kappa shape index (κ2) is 7.72. The number of hydrogen-bond donors (Lipinski definition) is 2. The second-order valence-electron chi connectivity index (χ2n) is 5.10. The molecule has 22 heavy (non-hydrogen) atoms. The number of benzene rings is 1. The maximum absolute atomic E-state index is 11.9. The first-order chi connectivity index (χ1) is 10.6. The van der Waals surface area contributed by atoms with Crippen molar-refractivity contribution >= 4 is 5.91 Å². The SMILES string of the molecule is COCC(O)CCNC(=O)c1cc(-c2ccc(C)cc2)no1. The molecular weight excluding hydrogens is 284 g/mol. The van der Waals surface area contributed by atoms with E-state index < -0.39 is 6.10 Å². The van der Waals surface area contributed by atoms with Gasteiger partial charge < -0.3 is 19.7 Å². The molecule has 0 radical (unpaired) electrons. The summed E-state index contributed by atoms with van der Waals surface area (Å²) in [6.07, 6.45) is -0.179.